The molecule has 0 saturated heterocycles. The van der Waals surface area contributed by atoms with Gasteiger partial charge < -0.3 is 10.4 Å². The molecule has 0 spiro atoms. The Bertz CT molecular complexity index is 1460. The molecular weight excluding hydrogens is 478 g/mol. The second-order valence-corrected chi connectivity index (χ2v) is 10.7. The summed E-state index contributed by atoms with van der Waals surface area (Å²) in [5.41, 5.74) is 6.16. The summed E-state index contributed by atoms with van der Waals surface area (Å²) in [7, 11) is 0. The van der Waals surface area contributed by atoms with Gasteiger partial charge in [-0.05, 0) is 61.7 Å². The number of aliphatic hydroxyl groups excluding tert-OH is 1. The maximum Gasteiger partial charge on any atom is 0.184 e. The first-order valence-electron chi connectivity index (χ1n) is 12.7. The number of para-hydroxylation sites is 1. The monoisotopic (exact) mass is 511 g/mol. The van der Waals surface area contributed by atoms with E-state index >= 15 is 0 Å². The molecule has 0 aliphatic rings. The van der Waals surface area contributed by atoms with E-state index in [1.54, 1.807) is 11.3 Å². The molecule has 6 nitrogen and oxygen atoms in total. The van der Waals surface area contributed by atoms with Crippen molar-refractivity contribution in [3.63, 3.8) is 0 Å². The van der Waals surface area contributed by atoms with Crippen LogP contribution in [0.4, 0.5) is 5.69 Å². The maximum absolute atomic E-state index is 11.3. The van der Waals surface area contributed by atoms with Crippen LogP contribution in [0, 0.1) is 0 Å². The van der Waals surface area contributed by atoms with Crippen molar-refractivity contribution < 1.29 is 5.11 Å². The van der Waals surface area contributed by atoms with E-state index in [2.05, 4.69) is 86.5 Å². The third kappa shape index (κ3) is 5.44. The van der Waals surface area contributed by atoms with Crippen molar-refractivity contribution in [3.05, 3.63) is 95.6 Å². The van der Waals surface area contributed by atoms with Crippen molar-refractivity contribution in [2.75, 3.05) is 5.32 Å². The molecule has 0 fully saturated rings. The van der Waals surface area contributed by atoms with Gasteiger partial charge in [0.15, 0.2) is 6.35 Å². The van der Waals surface area contributed by atoms with Crippen LogP contribution < -0.4 is 5.32 Å². The van der Waals surface area contributed by atoms with Gasteiger partial charge in [0.25, 0.3) is 0 Å². The molecule has 2 heterocycles. The largest absolute Gasteiger partial charge is 0.361 e. The number of aliphatic hydroxyl groups is 1. The molecule has 0 radical (unpaired) electrons. The number of anilines is 1. The van der Waals surface area contributed by atoms with E-state index in [0.29, 0.717) is 12.5 Å². The quantitative estimate of drug-likeness (QED) is 0.211. The highest BCUT2D eigenvalue weighted by molar-refractivity contribution is 7.13. The zero-order valence-electron chi connectivity index (χ0n) is 21.7. The number of aromatic nitrogens is 3. The van der Waals surface area contributed by atoms with E-state index in [-0.39, 0.29) is 6.04 Å². The number of nitrogens with one attached hydrogen (secondary N) is 1. The fourth-order valence-electron chi connectivity index (χ4n) is 4.58. The number of benzene rings is 3. The lowest BCUT2D eigenvalue weighted by Crippen LogP contribution is -2.44. The van der Waals surface area contributed by atoms with Crippen LogP contribution in [0.1, 0.15) is 44.9 Å². The molecule has 2 aromatic heterocycles. The van der Waals surface area contributed by atoms with Gasteiger partial charge in [-0.1, -0.05) is 50.2 Å². The van der Waals surface area contributed by atoms with E-state index in [4.69, 9.17) is 5.10 Å². The molecule has 0 saturated carbocycles. The van der Waals surface area contributed by atoms with Gasteiger partial charge in [-0.3, -0.25) is 4.90 Å². The zero-order valence-corrected chi connectivity index (χ0v) is 22.5. The number of nitrogens with zero attached hydrogens (tertiary/aromatic N) is 4. The van der Waals surface area contributed by atoms with E-state index < -0.39 is 6.35 Å². The van der Waals surface area contributed by atoms with Gasteiger partial charge in [-0.15, -0.1) is 11.3 Å². The average molecular weight is 512 g/mol. The fourth-order valence-corrected chi connectivity index (χ4v) is 5.22. The molecule has 0 amide bonds. The molecule has 0 aliphatic carbocycles. The Morgan fingerprint density at radius 3 is 2.49 bits per heavy atom. The molecule has 7 heteroatoms. The minimum absolute atomic E-state index is 0.122. The molecular formula is C30H33N5OS. The SMILES string of the molecule is CC(C)c1nn(-c2ccccc2)c2cc(NC(O)N(Cc3cccc(-c4nccs4)c3)C(C)C)ccc12. The summed E-state index contributed by atoms with van der Waals surface area (Å²) in [6.45, 7) is 9.12. The lowest BCUT2D eigenvalue weighted by molar-refractivity contribution is -0.00171. The molecule has 37 heavy (non-hydrogen) atoms. The Morgan fingerprint density at radius 1 is 0.973 bits per heavy atom. The topological polar surface area (TPSA) is 66.2 Å². The maximum atomic E-state index is 11.3. The molecule has 5 aromatic rings. The van der Waals surface area contributed by atoms with Crippen molar-refractivity contribution in [3.8, 4) is 16.3 Å². The first-order chi connectivity index (χ1) is 17.9. The summed E-state index contributed by atoms with van der Waals surface area (Å²) in [5, 5.41) is 23.7. The minimum atomic E-state index is -0.862. The van der Waals surface area contributed by atoms with Gasteiger partial charge in [0, 0.05) is 40.8 Å². The molecule has 1 atom stereocenters. The minimum Gasteiger partial charge on any atom is -0.361 e. The molecule has 0 aliphatic heterocycles. The van der Waals surface area contributed by atoms with Crippen LogP contribution in [0.25, 0.3) is 27.2 Å². The van der Waals surface area contributed by atoms with Crippen LogP contribution in [0.3, 0.4) is 0 Å². The number of fused-ring (bicyclic) bond motifs is 1. The van der Waals surface area contributed by atoms with Crippen LogP contribution in [0.5, 0.6) is 0 Å². The van der Waals surface area contributed by atoms with Crippen LogP contribution in [-0.4, -0.2) is 37.2 Å². The first kappa shape index (κ1) is 25.1. The third-order valence-corrected chi connectivity index (χ3v) is 7.32. The van der Waals surface area contributed by atoms with Crippen molar-refractivity contribution in [1.29, 1.82) is 0 Å². The Morgan fingerprint density at radius 2 is 1.78 bits per heavy atom. The summed E-state index contributed by atoms with van der Waals surface area (Å²) in [5.74, 6) is 0.299. The summed E-state index contributed by atoms with van der Waals surface area (Å²) in [6.07, 6.45) is 0.962. The average Bonchev–Trinajstić information content (AvgIpc) is 3.56. The summed E-state index contributed by atoms with van der Waals surface area (Å²) in [6, 6.07) is 24.9. The molecule has 5 rings (SSSR count). The van der Waals surface area contributed by atoms with Crippen molar-refractivity contribution in [2.45, 2.75) is 52.6 Å². The standard InChI is InChI=1S/C30H33N5OS/c1-20(2)28-26-14-13-24(18-27(26)35(33-28)25-11-6-5-7-12-25)32-30(36)34(21(3)4)19-22-9-8-10-23(17-22)29-31-15-16-37-29/h5-18,20-21,30,32,36H,19H2,1-4H3. The zero-order chi connectivity index (χ0) is 25.9. The lowest BCUT2D eigenvalue weighted by atomic mass is 10.1. The van der Waals surface area contributed by atoms with Crippen LogP contribution in [0.2, 0.25) is 0 Å². The van der Waals surface area contributed by atoms with Crippen molar-refractivity contribution in [1.82, 2.24) is 19.7 Å². The molecule has 3 aromatic carbocycles. The van der Waals surface area contributed by atoms with E-state index in [0.717, 1.165) is 44.1 Å². The lowest BCUT2D eigenvalue weighted by Gasteiger charge is -2.32. The van der Waals surface area contributed by atoms with Crippen LogP contribution in [0.15, 0.2) is 84.4 Å². The number of hydrogen-bond donors (Lipinski definition) is 2. The summed E-state index contributed by atoms with van der Waals surface area (Å²) < 4.78 is 1.99. The number of hydrogen-bond acceptors (Lipinski definition) is 6. The second kappa shape index (κ2) is 10.8. The van der Waals surface area contributed by atoms with Gasteiger partial charge in [0.1, 0.15) is 5.01 Å². The smallest absolute Gasteiger partial charge is 0.184 e. The van der Waals surface area contributed by atoms with Gasteiger partial charge in [-0.2, -0.15) is 5.10 Å². The molecule has 0 bridgehead atoms. The number of thiazole rings is 1. The van der Waals surface area contributed by atoms with Gasteiger partial charge in [-0.25, -0.2) is 9.67 Å². The Hall–Kier alpha value is -3.52. The predicted molar refractivity (Wildman–Crippen MR) is 153 cm³/mol. The van der Waals surface area contributed by atoms with Crippen molar-refractivity contribution >= 4 is 27.9 Å². The van der Waals surface area contributed by atoms with E-state index in [9.17, 15) is 5.11 Å². The Balaban J connectivity index is 1.41. The normalized spacial score (nSPS) is 12.6. The highest BCUT2D eigenvalue weighted by atomic mass is 32.1. The van der Waals surface area contributed by atoms with E-state index in [1.165, 1.54) is 0 Å². The molecule has 2 N–H and O–H groups in total. The molecule has 190 valence electrons. The Kier molecular flexibility index (Phi) is 7.37. The van der Waals surface area contributed by atoms with Gasteiger partial charge in [0.05, 0.1) is 16.9 Å². The van der Waals surface area contributed by atoms with Crippen LogP contribution in [-0.2, 0) is 6.54 Å². The predicted octanol–water partition coefficient (Wildman–Crippen LogP) is 6.87. The Labute approximate surface area is 222 Å². The second-order valence-electron chi connectivity index (χ2n) is 9.84. The van der Waals surface area contributed by atoms with Crippen LogP contribution >= 0.6 is 11.3 Å². The highest BCUT2D eigenvalue weighted by Gasteiger charge is 2.21. The first-order valence-corrected chi connectivity index (χ1v) is 13.6. The fraction of sp³-hybridized carbons (Fsp3) is 0.267. The summed E-state index contributed by atoms with van der Waals surface area (Å²) >= 11 is 1.63. The van der Waals surface area contributed by atoms with E-state index in [1.807, 2.05) is 45.4 Å². The summed E-state index contributed by atoms with van der Waals surface area (Å²) in [4.78, 5) is 6.48. The number of rotatable bonds is 9. The van der Waals surface area contributed by atoms with Crippen molar-refractivity contribution in [2.24, 2.45) is 0 Å². The van der Waals surface area contributed by atoms with Gasteiger partial charge >= 0.3 is 0 Å². The third-order valence-electron chi connectivity index (χ3n) is 6.50. The van der Waals surface area contributed by atoms with Gasteiger partial charge in [0.2, 0.25) is 0 Å². The molecule has 1 unspecified atom stereocenters. The highest BCUT2D eigenvalue weighted by Crippen LogP contribution is 2.30.